The first-order chi connectivity index (χ1) is 8.06. The van der Waals surface area contributed by atoms with Gasteiger partial charge < -0.3 is 4.74 Å². The molecule has 0 N–H and O–H groups in total. The van der Waals surface area contributed by atoms with E-state index in [1.165, 1.54) is 7.11 Å². The molecule has 92 valence electrons. The van der Waals surface area contributed by atoms with Gasteiger partial charge >= 0.3 is 5.97 Å². The van der Waals surface area contributed by atoms with E-state index in [1.54, 1.807) is 12.1 Å². The normalized spacial score (nSPS) is 13.8. The second-order valence-electron chi connectivity index (χ2n) is 4.28. The van der Waals surface area contributed by atoms with Crippen molar-refractivity contribution in [2.24, 2.45) is 11.8 Å². The molecule has 0 spiro atoms. The van der Waals surface area contributed by atoms with Crippen LogP contribution in [0.15, 0.2) is 30.3 Å². The van der Waals surface area contributed by atoms with Crippen molar-refractivity contribution in [1.29, 1.82) is 0 Å². The van der Waals surface area contributed by atoms with Crippen LogP contribution in [0.25, 0.3) is 0 Å². The summed E-state index contributed by atoms with van der Waals surface area (Å²) in [5.41, 5.74) is 0.691. The van der Waals surface area contributed by atoms with Gasteiger partial charge in [0.15, 0.2) is 5.78 Å². The van der Waals surface area contributed by atoms with E-state index in [9.17, 15) is 9.59 Å². The first kappa shape index (κ1) is 13.4. The summed E-state index contributed by atoms with van der Waals surface area (Å²) < 4.78 is 4.61. The van der Waals surface area contributed by atoms with E-state index in [1.807, 2.05) is 32.0 Å². The Morgan fingerprint density at radius 3 is 2.29 bits per heavy atom. The fourth-order valence-electron chi connectivity index (χ4n) is 1.65. The molecule has 0 heterocycles. The van der Waals surface area contributed by atoms with Gasteiger partial charge in [-0.15, -0.1) is 0 Å². The van der Waals surface area contributed by atoms with Gasteiger partial charge in [-0.25, -0.2) is 0 Å². The van der Waals surface area contributed by atoms with Crippen LogP contribution >= 0.6 is 0 Å². The van der Waals surface area contributed by atoms with Crippen LogP contribution in [0.2, 0.25) is 0 Å². The highest BCUT2D eigenvalue weighted by molar-refractivity contribution is 5.97. The number of ether oxygens (including phenoxy) is 1. The molecule has 0 radical (unpaired) electrons. The fourth-order valence-corrected chi connectivity index (χ4v) is 1.65. The molecular weight excluding hydrogens is 216 g/mol. The standard InChI is InChI=1S/C14H18O3/c1-10(9-13(15)17-3)11(2)14(16)12-7-5-4-6-8-12/h4-8,10-11H,9H2,1-3H3/t10-,11+/m0/s1. The maximum Gasteiger partial charge on any atom is 0.305 e. The summed E-state index contributed by atoms with van der Waals surface area (Å²) in [5, 5.41) is 0. The van der Waals surface area contributed by atoms with Gasteiger partial charge in [-0.05, 0) is 5.92 Å². The zero-order chi connectivity index (χ0) is 12.8. The lowest BCUT2D eigenvalue weighted by molar-refractivity contribution is -0.141. The molecule has 17 heavy (non-hydrogen) atoms. The third-order valence-corrected chi connectivity index (χ3v) is 3.04. The van der Waals surface area contributed by atoms with E-state index in [4.69, 9.17) is 0 Å². The van der Waals surface area contributed by atoms with E-state index in [0.717, 1.165) is 0 Å². The summed E-state index contributed by atoms with van der Waals surface area (Å²) in [6.45, 7) is 3.74. The molecule has 0 aliphatic carbocycles. The largest absolute Gasteiger partial charge is 0.469 e. The van der Waals surface area contributed by atoms with E-state index in [2.05, 4.69) is 4.74 Å². The van der Waals surface area contributed by atoms with Crippen LogP contribution in [0, 0.1) is 11.8 Å². The number of Topliss-reactive ketones (excluding diaryl/α,β-unsaturated/α-hetero) is 1. The van der Waals surface area contributed by atoms with Gasteiger partial charge in [0, 0.05) is 17.9 Å². The average molecular weight is 234 g/mol. The topological polar surface area (TPSA) is 43.4 Å². The molecule has 0 saturated carbocycles. The molecule has 0 unspecified atom stereocenters. The van der Waals surface area contributed by atoms with Crippen molar-refractivity contribution in [1.82, 2.24) is 0 Å². The zero-order valence-corrected chi connectivity index (χ0v) is 10.5. The number of methoxy groups -OCH3 is 1. The van der Waals surface area contributed by atoms with Crippen LogP contribution in [0.1, 0.15) is 30.6 Å². The molecule has 3 heteroatoms. The summed E-state index contributed by atoms with van der Waals surface area (Å²) in [4.78, 5) is 23.3. The van der Waals surface area contributed by atoms with Crippen LogP contribution in [0.4, 0.5) is 0 Å². The van der Waals surface area contributed by atoms with Crippen LogP contribution in [-0.4, -0.2) is 18.9 Å². The van der Waals surface area contributed by atoms with Gasteiger partial charge in [0.25, 0.3) is 0 Å². The van der Waals surface area contributed by atoms with Gasteiger partial charge in [0.1, 0.15) is 0 Å². The van der Waals surface area contributed by atoms with E-state index >= 15 is 0 Å². The minimum Gasteiger partial charge on any atom is -0.469 e. The van der Waals surface area contributed by atoms with E-state index in [0.29, 0.717) is 5.56 Å². The second kappa shape index (κ2) is 6.18. The van der Waals surface area contributed by atoms with Crippen molar-refractivity contribution in [2.75, 3.05) is 7.11 Å². The van der Waals surface area contributed by atoms with E-state index in [-0.39, 0.29) is 30.0 Å². The van der Waals surface area contributed by atoms with Crippen molar-refractivity contribution in [3.05, 3.63) is 35.9 Å². The highest BCUT2D eigenvalue weighted by Crippen LogP contribution is 2.20. The summed E-state index contributed by atoms with van der Waals surface area (Å²) >= 11 is 0. The Bertz CT molecular complexity index is 384. The lowest BCUT2D eigenvalue weighted by Gasteiger charge is -2.17. The minimum atomic E-state index is -0.273. The van der Waals surface area contributed by atoms with Gasteiger partial charge in [0.2, 0.25) is 0 Å². The van der Waals surface area contributed by atoms with Gasteiger partial charge in [-0.2, -0.15) is 0 Å². The first-order valence-corrected chi connectivity index (χ1v) is 5.72. The molecule has 0 amide bonds. The predicted molar refractivity (Wildman–Crippen MR) is 65.7 cm³/mol. The quantitative estimate of drug-likeness (QED) is 0.581. The number of carbonyl (C=O) groups excluding carboxylic acids is 2. The molecule has 1 aromatic rings. The van der Waals surface area contributed by atoms with Crippen molar-refractivity contribution < 1.29 is 14.3 Å². The smallest absolute Gasteiger partial charge is 0.305 e. The Morgan fingerprint density at radius 1 is 1.18 bits per heavy atom. The molecule has 0 aliphatic rings. The molecule has 1 aromatic carbocycles. The van der Waals surface area contributed by atoms with Crippen LogP contribution in [0.3, 0.4) is 0 Å². The molecular formula is C14H18O3. The highest BCUT2D eigenvalue weighted by atomic mass is 16.5. The Kier molecular flexibility index (Phi) is 4.88. The molecule has 2 atom stereocenters. The lowest BCUT2D eigenvalue weighted by atomic mass is 9.86. The Morgan fingerprint density at radius 2 is 1.76 bits per heavy atom. The maximum absolute atomic E-state index is 12.1. The fraction of sp³-hybridized carbons (Fsp3) is 0.429. The Labute approximate surface area is 102 Å². The molecule has 0 fully saturated rings. The van der Waals surface area contributed by atoms with Crippen molar-refractivity contribution in [2.45, 2.75) is 20.3 Å². The Balaban J connectivity index is 2.67. The third-order valence-electron chi connectivity index (χ3n) is 3.04. The zero-order valence-electron chi connectivity index (χ0n) is 10.5. The van der Waals surface area contributed by atoms with Crippen molar-refractivity contribution >= 4 is 11.8 Å². The SMILES string of the molecule is COC(=O)C[C@H](C)[C@@H](C)C(=O)c1ccccc1. The number of ketones is 1. The molecule has 0 aromatic heterocycles. The van der Waals surface area contributed by atoms with Crippen LogP contribution in [-0.2, 0) is 9.53 Å². The monoisotopic (exact) mass is 234 g/mol. The lowest BCUT2D eigenvalue weighted by Crippen LogP contribution is -2.22. The minimum absolute atomic E-state index is 0.0184. The third kappa shape index (κ3) is 3.70. The number of carbonyl (C=O) groups is 2. The number of rotatable bonds is 5. The second-order valence-corrected chi connectivity index (χ2v) is 4.28. The number of hydrogen-bond acceptors (Lipinski definition) is 3. The van der Waals surface area contributed by atoms with Gasteiger partial charge in [0.05, 0.1) is 7.11 Å². The summed E-state index contributed by atoms with van der Waals surface area (Å²) in [7, 11) is 1.36. The predicted octanol–water partition coefficient (Wildman–Crippen LogP) is 2.70. The summed E-state index contributed by atoms with van der Waals surface area (Å²) in [5.74, 6) is -0.404. The van der Waals surface area contributed by atoms with Crippen LogP contribution in [0.5, 0.6) is 0 Å². The van der Waals surface area contributed by atoms with Crippen molar-refractivity contribution in [3.8, 4) is 0 Å². The number of esters is 1. The summed E-state index contributed by atoms with van der Waals surface area (Å²) in [6, 6.07) is 9.14. The molecule has 1 rings (SSSR count). The average Bonchev–Trinajstić information content (AvgIpc) is 2.37. The first-order valence-electron chi connectivity index (χ1n) is 5.72. The molecule has 3 nitrogen and oxygen atoms in total. The number of benzene rings is 1. The summed E-state index contributed by atoms with van der Waals surface area (Å²) in [6.07, 6.45) is 0.274. The molecule has 0 saturated heterocycles. The van der Waals surface area contributed by atoms with Gasteiger partial charge in [-0.3, -0.25) is 9.59 Å². The highest BCUT2D eigenvalue weighted by Gasteiger charge is 2.23. The van der Waals surface area contributed by atoms with Crippen LogP contribution < -0.4 is 0 Å². The number of hydrogen-bond donors (Lipinski definition) is 0. The molecule has 0 aliphatic heterocycles. The Hall–Kier alpha value is -1.64. The molecule has 0 bridgehead atoms. The maximum atomic E-state index is 12.1. The van der Waals surface area contributed by atoms with E-state index < -0.39 is 0 Å². The van der Waals surface area contributed by atoms with Gasteiger partial charge in [-0.1, -0.05) is 44.2 Å². The van der Waals surface area contributed by atoms with Crippen molar-refractivity contribution in [3.63, 3.8) is 0 Å².